The predicted molar refractivity (Wildman–Crippen MR) is 82.4 cm³/mol. The van der Waals surface area contributed by atoms with Crippen molar-refractivity contribution in [3.8, 4) is 0 Å². The maximum absolute atomic E-state index is 6.01. The van der Waals surface area contributed by atoms with Gasteiger partial charge in [0.05, 0.1) is 29.2 Å². The Hall–Kier alpha value is -1.58. The second-order valence-corrected chi connectivity index (χ2v) is 5.35. The Labute approximate surface area is 127 Å². The zero-order valence-corrected chi connectivity index (χ0v) is 12.5. The molecule has 102 valence electrons. The van der Waals surface area contributed by atoms with Crippen LogP contribution in [0.4, 0.5) is 0 Å². The lowest BCUT2D eigenvalue weighted by molar-refractivity contribution is 0.755. The summed E-state index contributed by atoms with van der Waals surface area (Å²) in [6.45, 7) is 2.64. The Morgan fingerprint density at radius 3 is 2.75 bits per heavy atom. The van der Waals surface area contributed by atoms with Gasteiger partial charge in [0.25, 0.3) is 0 Å². The first-order chi connectivity index (χ1) is 9.67. The number of aryl methyl sites for hydroxylation is 1. The van der Waals surface area contributed by atoms with Crippen molar-refractivity contribution in [3.05, 3.63) is 58.6 Å². The van der Waals surface area contributed by atoms with Gasteiger partial charge < -0.3 is 4.57 Å². The van der Waals surface area contributed by atoms with E-state index in [-0.39, 0.29) is 0 Å². The molecule has 0 aliphatic rings. The molecule has 3 aromatic rings. The number of hydrogen-bond acceptors (Lipinski definition) is 2. The summed E-state index contributed by atoms with van der Waals surface area (Å²) in [6, 6.07) is 11.7. The van der Waals surface area contributed by atoms with Crippen molar-refractivity contribution in [1.82, 2.24) is 14.5 Å². The van der Waals surface area contributed by atoms with Crippen molar-refractivity contribution in [1.29, 1.82) is 0 Å². The van der Waals surface area contributed by atoms with E-state index in [1.165, 1.54) is 0 Å². The van der Waals surface area contributed by atoms with E-state index in [4.69, 9.17) is 23.2 Å². The topological polar surface area (TPSA) is 30.7 Å². The van der Waals surface area contributed by atoms with E-state index in [2.05, 4.69) is 14.5 Å². The van der Waals surface area contributed by atoms with Gasteiger partial charge in [-0.1, -0.05) is 17.7 Å². The molecule has 0 aliphatic heterocycles. The molecule has 2 heterocycles. The fourth-order valence-corrected chi connectivity index (χ4v) is 2.65. The van der Waals surface area contributed by atoms with E-state index < -0.39 is 0 Å². The largest absolute Gasteiger partial charge is 0.321 e. The average molecular weight is 306 g/mol. The van der Waals surface area contributed by atoms with E-state index in [1.54, 1.807) is 0 Å². The summed E-state index contributed by atoms with van der Waals surface area (Å²) in [5, 5.41) is 0.678. The summed E-state index contributed by atoms with van der Waals surface area (Å²) >= 11 is 12.0. The third-order valence-corrected chi connectivity index (χ3v) is 3.65. The molecule has 0 radical (unpaired) electrons. The summed E-state index contributed by atoms with van der Waals surface area (Å²) in [5.74, 6) is 1.19. The molecule has 0 N–H and O–H groups in total. The van der Waals surface area contributed by atoms with Crippen molar-refractivity contribution < 1.29 is 0 Å². The lowest BCUT2D eigenvalue weighted by atomic mass is 10.3. The summed E-state index contributed by atoms with van der Waals surface area (Å²) < 4.78 is 2.08. The van der Waals surface area contributed by atoms with Gasteiger partial charge in [-0.3, -0.25) is 4.98 Å². The van der Waals surface area contributed by atoms with Gasteiger partial charge >= 0.3 is 0 Å². The fourth-order valence-electron chi connectivity index (χ4n) is 2.28. The smallest absolute Gasteiger partial charge is 0.125 e. The van der Waals surface area contributed by atoms with E-state index in [9.17, 15) is 0 Å². The molecule has 0 unspecified atom stereocenters. The van der Waals surface area contributed by atoms with Gasteiger partial charge in [-0.05, 0) is 37.3 Å². The number of aromatic nitrogens is 3. The van der Waals surface area contributed by atoms with Crippen molar-refractivity contribution in [2.24, 2.45) is 0 Å². The SMILES string of the molecule is Cc1cccc(Cn2c(CCl)nc3cc(Cl)ccc32)n1. The molecule has 0 aliphatic carbocycles. The molecular formula is C15H13Cl2N3. The second-order valence-electron chi connectivity index (χ2n) is 4.65. The van der Waals surface area contributed by atoms with Gasteiger partial charge in [0.15, 0.2) is 0 Å². The third-order valence-electron chi connectivity index (χ3n) is 3.17. The van der Waals surface area contributed by atoms with Crippen LogP contribution in [-0.2, 0) is 12.4 Å². The Kier molecular flexibility index (Phi) is 3.64. The van der Waals surface area contributed by atoms with Gasteiger partial charge in [-0.25, -0.2) is 4.98 Å². The zero-order chi connectivity index (χ0) is 14.1. The summed E-state index contributed by atoms with van der Waals surface area (Å²) in [5.41, 5.74) is 3.88. The van der Waals surface area contributed by atoms with Crippen LogP contribution < -0.4 is 0 Å². The Bertz CT molecular complexity index is 765. The number of benzene rings is 1. The average Bonchev–Trinajstić information content (AvgIpc) is 2.76. The van der Waals surface area contributed by atoms with E-state index >= 15 is 0 Å². The number of pyridine rings is 1. The summed E-state index contributed by atoms with van der Waals surface area (Å²) in [4.78, 5) is 9.06. The van der Waals surface area contributed by atoms with Crippen LogP contribution in [0.25, 0.3) is 11.0 Å². The predicted octanol–water partition coefficient (Wildman–Crippen LogP) is 4.18. The Morgan fingerprint density at radius 2 is 2.00 bits per heavy atom. The highest BCUT2D eigenvalue weighted by Crippen LogP contribution is 2.22. The molecule has 20 heavy (non-hydrogen) atoms. The molecule has 1 aromatic carbocycles. The fraction of sp³-hybridized carbons (Fsp3) is 0.200. The highest BCUT2D eigenvalue weighted by Gasteiger charge is 2.11. The molecule has 3 rings (SSSR count). The number of rotatable bonds is 3. The van der Waals surface area contributed by atoms with Crippen LogP contribution in [-0.4, -0.2) is 14.5 Å². The maximum Gasteiger partial charge on any atom is 0.125 e. The molecule has 0 fully saturated rings. The van der Waals surface area contributed by atoms with Crippen molar-refractivity contribution in [2.75, 3.05) is 0 Å². The Balaban J connectivity index is 2.10. The standard InChI is InChI=1S/C15H13Cl2N3/c1-10-3-2-4-12(18-10)9-20-14-6-5-11(17)7-13(14)19-15(20)8-16/h2-7H,8-9H2,1H3. The number of hydrogen-bond donors (Lipinski definition) is 0. The minimum absolute atomic E-state index is 0.359. The molecule has 0 amide bonds. The molecular weight excluding hydrogens is 293 g/mol. The van der Waals surface area contributed by atoms with Gasteiger partial charge in [-0.15, -0.1) is 11.6 Å². The third kappa shape index (κ3) is 2.51. The molecule has 0 spiro atoms. The molecule has 0 saturated heterocycles. The lowest BCUT2D eigenvalue weighted by Crippen LogP contribution is -2.05. The zero-order valence-electron chi connectivity index (χ0n) is 11.0. The number of fused-ring (bicyclic) bond motifs is 1. The maximum atomic E-state index is 6.01. The minimum atomic E-state index is 0.359. The van der Waals surface area contributed by atoms with Crippen molar-refractivity contribution in [2.45, 2.75) is 19.3 Å². The summed E-state index contributed by atoms with van der Waals surface area (Å²) in [6.07, 6.45) is 0. The first-order valence-corrected chi connectivity index (χ1v) is 7.22. The number of alkyl halides is 1. The van der Waals surface area contributed by atoms with Crippen molar-refractivity contribution >= 4 is 34.2 Å². The normalized spacial score (nSPS) is 11.2. The number of halogens is 2. The molecule has 3 nitrogen and oxygen atoms in total. The van der Waals surface area contributed by atoms with Crippen LogP contribution in [0.1, 0.15) is 17.2 Å². The molecule has 2 aromatic heterocycles. The second kappa shape index (κ2) is 5.43. The monoisotopic (exact) mass is 305 g/mol. The first kappa shape index (κ1) is 13.4. The molecule has 0 atom stereocenters. The first-order valence-electron chi connectivity index (χ1n) is 6.30. The molecule has 0 bridgehead atoms. The quantitative estimate of drug-likeness (QED) is 0.680. The van der Waals surface area contributed by atoms with E-state index in [0.717, 1.165) is 28.2 Å². The van der Waals surface area contributed by atoms with Crippen LogP contribution in [0, 0.1) is 6.92 Å². The highest BCUT2D eigenvalue weighted by atomic mass is 35.5. The minimum Gasteiger partial charge on any atom is -0.321 e. The molecule has 5 heteroatoms. The number of nitrogens with zero attached hydrogens (tertiary/aromatic N) is 3. The lowest BCUT2D eigenvalue weighted by Gasteiger charge is -2.08. The highest BCUT2D eigenvalue weighted by molar-refractivity contribution is 6.31. The molecule has 0 saturated carbocycles. The summed E-state index contributed by atoms with van der Waals surface area (Å²) in [7, 11) is 0. The van der Waals surface area contributed by atoms with Crippen LogP contribution in [0.2, 0.25) is 5.02 Å². The van der Waals surface area contributed by atoms with Gasteiger partial charge in [-0.2, -0.15) is 0 Å². The van der Waals surface area contributed by atoms with E-state index in [0.29, 0.717) is 17.4 Å². The van der Waals surface area contributed by atoms with Gasteiger partial charge in [0.2, 0.25) is 0 Å². The van der Waals surface area contributed by atoms with Crippen LogP contribution in [0.5, 0.6) is 0 Å². The number of imidazole rings is 1. The van der Waals surface area contributed by atoms with Crippen LogP contribution in [0.3, 0.4) is 0 Å². The van der Waals surface area contributed by atoms with E-state index in [1.807, 2.05) is 43.3 Å². The van der Waals surface area contributed by atoms with Crippen LogP contribution >= 0.6 is 23.2 Å². The Morgan fingerprint density at radius 1 is 1.15 bits per heavy atom. The van der Waals surface area contributed by atoms with Gasteiger partial charge in [0, 0.05) is 10.7 Å². The van der Waals surface area contributed by atoms with Crippen LogP contribution in [0.15, 0.2) is 36.4 Å². The van der Waals surface area contributed by atoms with Gasteiger partial charge in [0.1, 0.15) is 5.82 Å². The van der Waals surface area contributed by atoms with Crippen molar-refractivity contribution in [3.63, 3.8) is 0 Å².